The van der Waals surface area contributed by atoms with E-state index in [9.17, 15) is 9.59 Å². The molecule has 0 bridgehead atoms. The van der Waals surface area contributed by atoms with E-state index >= 15 is 0 Å². The predicted molar refractivity (Wildman–Crippen MR) is 114 cm³/mol. The minimum Gasteiger partial charge on any atom is -0.325 e. The highest BCUT2D eigenvalue weighted by Crippen LogP contribution is 2.30. The lowest BCUT2D eigenvalue weighted by molar-refractivity contribution is 0.0634. The molecular formula is C24H24N4O2. The maximum atomic E-state index is 12.8. The summed E-state index contributed by atoms with van der Waals surface area (Å²) in [6, 6.07) is 15.4. The van der Waals surface area contributed by atoms with Gasteiger partial charge >= 0.3 is 0 Å². The van der Waals surface area contributed by atoms with Gasteiger partial charge < -0.3 is 9.88 Å². The first-order valence-corrected chi connectivity index (χ1v) is 10.4. The summed E-state index contributed by atoms with van der Waals surface area (Å²) >= 11 is 0. The largest absolute Gasteiger partial charge is 0.325 e. The van der Waals surface area contributed by atoms with Gasteiger partial charge in [0, 0.05) is 18.7 Å². The van der Waals surface area contributed by atoms with Gasteiger partial charge in [0.25, 0.3) is 11.8 Å². The van der Waals surface area contributed by atoms with Crippen molar-refractivity contribution in [2.45, 2.75) is 32.4 Å². The van der Waals surface area contributed by atoms with Crippen molar-refractivity contribution in [2.75, 3.05) is 13.1 Å². The molecule has 3 heterocycles. The molecular weight excluding hydrogens is 376 g/mol. The lowest BCUT2D eigenvalue weighted by atomic mass is 10.0. The monoisotopic (exact) mass is 400 g/mol. The molecule has 30 heavy (non-hydrogen) atoms. The Kier molecular flexibility index (Phi) is 4.51. The van der Waals surface area contributed by atoms with Crippen LogP contribution in [-0.2, 0) is 6.54 Å². The van der Waals surface area contributed by atoms with E-state index < -0.39 is 0 Å². The number of carbonyl (C=O) groups is 2. The Balaban J connectivity index is 1.42. The van der Waals surface area contributed by atoms with Crippen LogP contribution in [0.5, 0.6) is 0 Å². The van der Waals surface area contributed by atoms with E-state index in [1.165, 1.54) is 10.5 Å². The van der Waals surface area contributed by atoms with E-state index in [2.05, 4.69) is 53.0 Å². The summed E-state index contributed by atoms with van der Waals surface area (Å²) in [4.78, 5) is 31.6. The van der Waals surface area contributed by atoms with Crippen LogP contribution in [0.15, 0.2) is 54.7 Å². The van der Waals surface area contributed by atoms with Gasteiger partial charge in [-0.3, -0.25) is 14.5 Å². The van der Waals surface area contributed by atoms with Crippen LogP contribution in [-0.4, -0.2) is 39.4 Å². The molecule has 0 fully saturated rings. The van der Waals surface area contributed by atoms with Crippen molar-refractivity contribution in [3.63, 3.8) is 0 Å². The maximum absolute atomic E-state index is 12.8. The van der Waals surface area contributed by atoms with Gasteiger partial charge in [-0.25, -0.2) is 4.98 Å². The Morgan fingerprint density at radius 3 is 2.33 bits per heavy atom. The van der Waals surface area contributed by atoms with Crippen molar-refractivity contribution in [2.24, 2.45) is 0 Å². The summed E-state index contributed by atoms with van der Waals surface area (Å²) in [6.45, 7) is 6.22. The summed E-state index contributed by atoms with van der Waals surface area (Å²) < 4.78 is 2.20. The highest BCUT2D eigenvalue weighted by atomic mass is 16.2. The van der Waals surface area contributed by atoms with Gasteiger partial charge in [0.05, 0.1) is 35.6 Å². The normalized spacial score (nSPS) is 18.1. The van der Waals surface area contributed by atoms with Crippen molar-refractivity contribution >= 4 is 11.8 Å². The highest BCUT2D eigenvalue weighted by Gasteiger charge is 2.37. The van der Waals surface area contributed by atoms with Crippen LogP contribution < -0.4 is 5.32 Å². The molecule has 152 valence electrons. The summed E-state index contributed by atoms with van der Waals surface area (Å²) in [7, 11) is 0. The first kappa shape index (κ1) is 18.8. The molecule has 1 atom stereocenters. The highest BCUT2D eigenvalue weighted by molar-refractivity contribution is 6.21. The van der Waals surface area contributed by atoms with Gasteiger partial charge in [-0.05, 0) is 23.6 Å². The Bertz CT molecular complexity index is 1100. The zero-order valence-corrected chi connectivity index (χ0v) is 17.1. The Morgan fingerprint density at radius 2 is 1.70 bits per heavy atom. The number of amides is 2. The van der Waals surface area contributed by atoms with E-state index in [0.29, 0.717) is 23.6 Å². The first-order chi connectivity index (χ1) is 14.5. The fraction of sp³-hybridized carbons (Fsp3) is 0.292. The standard InChI is InChI=1S/C24H24N4O2/c1-15(2)16-7-9-17(10-8-16)22-26-13-21-20(25-11-12-27(21)22)14-28-23(29)18-5-3-4-6-19(18)24(28)30/h3-10,13,15,20,25H,11-12,14H2,1-2H3. The maximum Gasteiger partial charge on any atom is 0.261 e. The number of imide groups is 1. The van der Waals surface area contributed by atoms with Gasteiger partial charge in [-0.2, -0.15) is 0 Å². The molecule has 6 nitrogen and oxygen atoms in total. The van der Waals surface area contributed by atoms with E-state index in [0.717, 1.165) is 30.2 Å². The number of aromatic nitrogens is 2. The third-order valence-electron chi connectivity index (χ3n) is 6.05. The minimum absolute atomic E-state index is 0.142. The predicted octanol–water partition coefficient (Wildman–Crippen LogP) is 3.61. The molecule has 0 radical (unpaired) electrons. The lowest BCUT2D eigenvalue weighted by Crippen LogP contribution is -2.42. The number of rotatable bonds is 4. The van der Waals surface area contributed by atoms with Crippen LogP contribution in [0, 0.1) is 0 Å². The number of imidazole rings is 1. The van der Waals surface area contributed by atoms with Crippen LogP contribution >= 0.6 is 0 Å². The van der Waals surface area contributed by atoms with Crippen LogP contribution in [0.25, 0.3) is 11.4 Å². The average Bonchev–Trinajstić information content (AvgIpc) is 3.30. The number of nitrogens with zero attached hydrogens (tertiary/aromatic N) is 3. The molecule has 3 aromatic rings. The summed E-state index contributed by atoms with van der Waals surface area (Å²) in [5, 5.41) is 3.45. The van der Waals surface area contributed by atoms with Crippen molar-refractivity contribution in [3.8, 4) is 11.4 Å². The second-order valence-electron chi connectivity index (χ2n) is 8.21. The third kappa shape index (κ3) is 2.95. The molecule has 0 saturated carbocycles. The second-order valence-corrected chi connectivity index (χ2v) is 8.21. The number of fused-ring (bicyclic) bond motifs is 2. The van der Waals surface area contributed by atoms with Gasteiger partial charge in [0.2, 0.25) is 0 Å². The Hall–Kier alpha value is -3.25. The van der Waals surface area contributed by atoms with Crippen LogP contribution in [0.3, 0.4) is 0 Å². The molecule has 2 aromatic carbocycles. The zero-order chi connectivity index (χ0) is 20.8. The number of hydrogen-bond acceptors (Lipinski definition) is 4. The average molecular weight is 400 g/mol. The SMILES string of the molecule is CC(C)c1ccc(-c2ncc3n2CCNC3CN2C(=O)c3ccccc3C2=O)cc1. The van der Waals surface area contributed by atoms with Gasteiger partial charge in [0.1, 0.15) is 5.82 Å². The molecule has 6 heteroatoms. The van der Waals surface area contributed by atoms with Crippen LogP contribution in [0.2, 0.25) is 0 Å². The fourth-order valence-corrected chi connectivity index (χ4v) is 4.35. The van der Waals surface area contributed by atoms with Crippen molar-refractivity contribution in [3.05, 3.63) is 77.1 Å². The molecule has 2 aliphatic rings. The third-order valence-corrected chi connectivity index (χ3v) is 6.05. The minimum atomic E-state index is -0.224. The van der Waals surface area contributed by atoms with Gasteiger partial charge in [0.15, 0.2) is 0 Å². The lowest BCUT2D eigenvalue weighted by Gasteiger charge is -2.29. The molecule has 1 N–H and O–H groups in total. The number of nitrogens with one attached hydrogen (secondary N) is 1. The molecule has 0 aliphatic carbocycles. The van der Waals surface area contributed by atoms with E-state index in [-0.39, 0.29) is 17.9 Å². The Labute approximate surface area is 175 Å². The molecule has 2 amide bonds. The molecule has 0 saturated heterocycles. The molecule has 0 spiro atoms. The number of benzene rings is 2. The quantitative estimate of drug-likeness (QED) is 0.680. The number of carbonyl (C=O) groups excluding carboxylic acids is 2. The van der Waals surface area contributed by atoms with E-state index in [1.54, 1.807) is 24.3 Å². The molecule has 1 unspecified atom stereocenters. The smallest absolute Gasteiger partial charge is 0.261 e. The fourth-order valence-electron chi connectivity index (χ4n) is 4.35. The second kappa shape index (κ2) is 7.22. The Morgan fingerprint density at radius 1 is 1.03 bits per heavy atom. The van der Waals surface area contributed by atoms with E-state index in [4.69, 9.17) is 0 Å². The molecule has 2 aliphatic heterocycles. The van der Waals surface area contributed by atoms with Gasteiger partial charge in [-0.15, -0.1) is 0 Å². The topological polar surface area (TPSA) is 67.2 Å². The van der Waals surface area contributed by atoms with E-state index in [1.807, 2.05) is 6.20 Å². The molecule has 5 rings (SSSR count). The number of hydrogen-bond donors (Lipinski definition) is 1. The van der Waals surface area contributed by atoms with Gasteiger partial charge in [-0.1, -0.05) is 50.2 Å². The summed E-state index contributed by atoms with van der Waals surface area (Å²) in [5.41, 5.74) is 4.35. The van der Waals surface area contributed by atoms with Crippen LogP contribution in [0.1, 0.15) is 57.8 Å². The zero-order valence-electron chi connectivity index (χ0n) is 17.1. The first-order valence-electron chi connectivity index (χ1n) is 10.4. The van der Waals surface area contributed by atoms with Crippen molar-refractivity contribution in [1.29, 1.82) is 0 Å². The summed E-state index contributed by atoms with van der Waals surface area (Å²) in [6.07, 6.45) is 1.86. The van der Waals surface area contributed by atoms with Crippen LogP contribution in [0.4, 0.5) is 0 Å². The van der Waals surface area contributed by atoms with Crippen molar-refractivity contribution < 1.29 is 9.59 Å². The molecule has 1 aromatic heterocycles. The van der Waals surface area contributed by atoms with Crippen molar-refractivity contribution in [1.82, 2.24) is 19.8 Å². The summed E-state index contributed by atoms with van der Waals surface area (Å²) in [5.74, 6) is 0.965.